The van der Waals surface area contributed by atoms with Gasteiger partial charge in [-0.2, -0.15) is 28.3 Å². The van der Waals surface area contributed by atoms with Crippen molar-refractivity contribution in [1.82, 2.24) is 0 Å². The zero-order chi connectivity index (χ0) is 47.4. The molecule has 0 aromatic heterocycles. The normalized spacial score (nSPS) is 39.2. The van der Waals surface area contributed by atoms with Crippen molar-refractivity contribution in [2.45, 2.75) is 212 Å². The first-order valence-electron chi connectivity index (χ1n) is 27.9. The summed E-state index contributed by atoms with van der Waals surface area (Å²) in [5.74, 6) is 7.92. The molecule has 72 heavy (non-hydrogen) atoms. The van der Waals surface area contributed by atoms with Gasteiger partial charge in [0.05, 0.1) is 0 Å². The van der Waals surface area contributed by atoms with Crippen molar-refractivity contribution in [2.24, 2.45) is 78.8 Å². The Kier molecular flexibility index (Phi) is 22.3. The molecule has 5 fully saturated rings. The van der Waals surface area contributed by atoms with Crippen LogP contribution in [0.4, 0.5) is 0 Å². The summed E-state index contributed by atoms with van der Waals surface area (Å²) < 4.78 is 0. The molecule has 0 nitrogen and oxygen atoms in total. The fraction of sp³-hybridized carbons (Fsp3) is 0.697. The maximum Gasteiger partial charge on any atom is 0 e. The first-order valence-corrected chi connectivity index (χ1v) is 27.9. The van der Waals surface area contributed by atoms with Crippen LogP contribution in [0.3, 0.4) is 0 Å². The topological polar surface area (TPSA) is 0 Å². The van der Waals surface area contributed by atoms with Crippen LogP contribution in [0.15, 0.2) is 70.8 Å². The molecule has 6 heteroatoms. The van der Waals surface area contributed by atoms with Gasteiger partial charge in [0.2, 0.25) is 0 Å². The van der Waals surface area contributed by atoms with Crippen molar-refractivity contribution in [1.29, 1.82) is 0 Å². The molecule has 2 radical (unpaired) electrons. The number of aryl methyl sites for hydroxylation is 1. The van der Waals surface area contributed by atoms with Gasteiger partial charge in [-0.05, 0) is 130 Å². The Bertz CT molecular complexity index is 2340. The monoisotopic (exact) mass is 1910 g/mol. The Morgan fingerprint density at radius 3 is 1.50 bits per heavy atom. The van der Waals surface area contributed by atoms with E-state index in [0.717, 1.165) is 35.5 Å². The average molecular weight is 1910 g/mol. The summed E-state index contributed by atoms with van der Waals surface area (Å²) in [6.45, 7) is 45.0. The average Bonchev–Trinajstić information content (AvgIpc) is 3.88. The molecule has 0 saturated heterocycles. The second-order valence-electron chi connectivity index (χ2n) is 28.2. The van der Waals surface area contributed by atoms with Crippen LogP contribution in [0.1, 0.15) is 222 Å². The molecule has 12 atom stereocenters. The van der Waals surface area contributed by atoms with Gasteiger partial charge in [0, 0.05) is 170 Å². The fourth-order valence-corrected chi connectivity index (χ4v) is 20.7. The molecular weight excluding hydrogens is 1810 g/mol. The van der Waals surface area contributed by atoms with E-state index in [0.29, 0.717) is 44.3 Å². The van der Waals surface area contributed by atoms with Crippen molar-refractivity contribution in [2.75, 3.05) is 0 Å². The molecule has 2 aromatic carbocycles. The van der Waals surface area contributed by atoms with Crippen LogP contribution in [0, 0.1) is 161 Å². The fourth-order valence-electron chi connectivity index (χ4n) is 20.7. The minimum atomic E-state index is 0. The van der Waals surface area contributed by atoms with E-state index in [-0.39, 0.29) is 181 Å². The standard InChI is InChI=1S/C36H48.C30H46.2U.2W.2Y/c1-23(2)31-27(25-12-10-9-11-13-25)22-26-17-20-35(7)28(32(26)31)14-15-30-34(6)19-16-24(3)33(4,5)29(34)18-21-36(30,35)8;1-19(2)22-10-9-21-14-17-29(7)23(26(21)22)11-12-25-28(6)16-13-20(3)27(4,5)24(28)15-18-30(25,29)8;;;;;;/h9-13,16,22-23,28-30H,3,14-15,17-21H2,1-2,4-8H3;13,19,23-25H,3,9-12,14-18H2,1-2,4-8H3;;;;;;/q2*-2;;;;;;/t28-,29+,30-,34+,35-,36-;23-,24+,25-,28+,29-,30-;;;;;;/m11....../s1. The summed E-state index contributed by atoms with van der Waals surface area (Å²) >= 11 is 0. The van der Waals surface area contributed by atoms with Crippen LogP contribution in [0.25, 0.3) is 11.1 Å². The molecule has 11 rings (SSSR count). The van der Waals surface area contributed by atoms with Gasteiger partial charge in [0.25, 0.3) is 0 Å². The van der Waals surface area contributed by atoms with Gasteiger partial charge >= 0.3 is 0 Å². The van der Waals surface area contributed by atoms with Crippen molar-refractivity contribution >= 4 is 0 Å². The molecule has 0 spiro atoms. The zero-order valence-corrected chi connectivity index (χ0v) is 67.8. The second-order valence-corrected chi connectivity index (χ2v) is 28.2. The maximum atomic E-state index is 4.51. The third kappa shape index (κ3) is 9.88. The molecule has 388 valence electrons. The summed E-state index contributed by atoms with van der Waals surface area (Å²) in [4.78, 5) is 0. The van der Waals surface area contributed by atoms with Gasteiger partial charge in [-0.3, -0.25) is 0 Å². The first kappa shape index (κ1) is 67.6. The molecular formula is C66H94U2W2Y2-4. The van der Waals surface area contributed by atoms with Crippen LogP contribution in [-0.2, 0) is 114 Å². The Balaban J connectivity index is 0.000000292. The third-order valence-electron chi connectivity index (χ3n) is 24.8. The molecule has 0 aliphatic heterocycles. The van der Waals surface area contributed by atoms with E-state index < -0.39 is 0 Å². The minimum Gasteiger partial charge on any atom is -0.241 e. The van der Waals surface area contributed by atoms with E-state index in [4.69, 9.17) is 0 Å². The maximum absolute atomic E-state index is 4.51. The summed E-state index contributed by atoms with van der Waals surface area (Å²) in [5.41, 5.74) is 17.6. The Hall–Kier alpha value is 3.09. The van der Waals surface area contributed by atoms with Crippen molar-refractivity contribution in [3.63, 3.8) is 0 Å². The van der Waals surface area contributed by atoms with E-state index in [1.165, 1.54) is 125 Å². The van der Waals surface area contributed by atoms with Crippen molar-refractivity contribution in [3.8, 4) is 11.1 Å². The van der Waals surface area contributed by atoms with Crippen molar-refractivity contribution in [3.05, 3.63) is 107 Å². The molecule has 9 aliphatic carbocycles. The van der Waals surface area contributed by atoms with Crippen LogP contribution in [-0.4, -0.2) is 0 Å². The third-order valence-corrected chi connectivity index (χ3v) is 24.8. The van der Waals surface area contributed by atoms with Crippen molar-refractivity contribution < 1.29 is 170 Å². The number of hydrogen-bond donors (Lipinski definition) is 0. The van der Waals surface area contributed by atoms with Crippen LogP contribution < -0.4 is 0 Å². The van der Waals surface area contributed by atoms with Gasteiger partial charge in [-0.1, -0.05) is 183 Å². The Morgan fingerprint density at radius 2 is 1.01 bits per heavy atom. The number of allylic oxidation sites excluding steroid dienone is 6. The number of rotatable bonds is 3. The van der Waals surface area contributed by atoms with Gasteiger partial charge < -0.3 is 0 Å². The second kappa shape index (κ2) is 23.8. The summed E-state index contributed by atoms with van der Waals surface area (Å²) in [6, 6.07) is 13.8. The predicted molar refractivity (Wildman–Crippen MR) is 283 cm³/mol. The van der Waals surface area contributed by atoms with Gasteiger partial charge in [-0.25, -0.2) is 54.2 Å². The summed E-state index contributed by atoms with van der Waals surface area (Å²) in [6.07, 6.45) is 27.0. The molecule has 9 aliphatic rings. The number of benzene rings is 1. The predicted octanol–water partition coefficient (Wildman–Crippen LogP) is 19.0. The molecule has 0 unspecified atom stereocenters. The molecule has 2 aromatic rings. The van der Waals surface area contributed by atoms with Crippen LogP contribution in [0.2, 0.25) is 0 Å². The summed E-state index contributed by atoms with van der Waals surface area (Å²) in [5, 5.41) is 0. The number of fused-ring (bicyclic) bond motifs is 14. The summed E-state index contributed by atoms with van der Waals surface area (Å²) in [7, 11) is 0. The quantitative estimate of drug-likeness (QED) is 0.269. The van der Waals surface area contributed by atoms with E-state index in [1.807, 2.05) is 17.1 Å². The molecule has 0 N–H and O–H groups in total. The Labute approximate surface area is 570 Å². The van der Waals surface area contributed by atoms with E-state index in [2.05, 4.69) is 159 Å². The van der Waals surface area contributed by atoms with Crippen LogP contribution >= 0.6 is 0 Å². The molecule has 0 bridgehead atoms. The SMILES string of the molecule is [CH2-]C1=CC[C@]2(C)[C@H]3CC[C@@H]4C5=C(C(C)C)CC[C-]5CC[C@@]4(C)[C@]3(C)CC[C@H]2C1(C)C.[CH2-]C1=CC[C@]2(C)[C@H]3CC[C@@H]4c5c(C(C)C)c(-c6ccccc6)c[c-]5CC[C@@]4(C)[C@]3(C)CC[C@H]2C1(C)C.[U].[U].[W].[W].[Y].[Y]. The van der Waals surface area contributed by atoms with E-state index >= 15 is 0 Å². The van der Waals surface area contributed by atoms with E-state index in [9.17, 15) is 0 Å². The first-order chi connectivity index (χ1) is 30.9. The van der Waals surface area contributed by atoms with Gasteiger partial charge in [-0.15, -0.1) is 12.8 Å². The van der Waals surface area contributed by atoms with E-state index in [1.54, 1.807) is 16.7 Å². The molecule has 0 heterocycles. The molecule has 0 amide bonds. The Morgan fingerprint density at radius 1 is 0.542 bits per heavy atom. The van der Waals surface area contributed by atoms with Crippen LogP contribution in [0.5, 0.6) is 0 Å². The zero-order valence-electron chi connectivity index (χ0n) is 47.9. The smallest absolute Gasteiger partial charge is 0 e. The van der Waals surface area contributed by atoms with Gasteiger partial charge in [0.1, 0.15) is 0 Å². The molecule has 5 saturated carbocycles. The minimum absolute atomic E-state index is 0. The number of hydrogen-bond acceptors (Lipinski definition) is 0. The van der Waals surface area contributed by atoms with Gasteiger partial charge in [0.15, 0.2) is 0 Å². The largest absolute Gasteiger partial charge is 0.241 e.